The molecule has 0 aliphatic heterocycles. The van der Waals surface area contributed by atoms with Crippen molar-refractivity contribution in [1.82, 2.24) is 14.1 Å². The molecule has 1 N–H and O–H groups in total. The van der Waals surface area contributed by atoms with Crippen LogP contribution in [0.15, 0.2) is 30.5 Å². The second-order valence-corrected chi connectivity index (χ2v) is 4.90. The van der Waals surface area contributed by atoms with Gasteiger partial charge in [0.05, 0.1) is 35.2 Å². The van der Waals surface area contributed by atoms with Crippen molar-refractivity contribution in [3.63, 3.8) is 0 Å². The van der Waals surface area contributed by atoms with E-state index >= 15 is 0 Å². The number of nitrogens with one attached hydrogen (secondary N) is 1. The first-order valence-electron chi connectivity index (χ1n) is 6.20. The van der Waals surface area contributed by atoms with E-state index in [1.165, 1.54) is 6.07 Å². The van der Waals surface area contributed by atoms with Gasteiger partial charge in [-0.1, -0.05) is 19.1 Å². The fourth-order valence-corrected chi connectivity index (χ4v) is 2.32. The van der Waals surface area contributed by atoms with Crippen LogP contribution in [0.4, 0.5) is 13.2 Å². The maximum absolute atomic E-state index is 12.8. The predicted octanol–water partition coefficient (Wildman–Crippen LogP) is 3.65. The summed E-state index contributed by atoms with van der Waals surface area (Å²) in [5, 5.41) is 3.20. The topological polar surface area (TPSA) is 37.8 Å². The van der Waals surface area contributed by atoms with Crippen LogP contribution < -0.4 is 5.32 Å². The van der Waals surface area contributed by atoms with E-state index in [0.717, 1.165) is 30.3 Å². The third-order valence-corrected chi connectivity index (χ3v) is 3.31. The summed E-state index contributed by atoms with van der Waals surface area (Å²) in [6, 6.07) is 4.95. The highest BCUT2D eigenvalue weighted by Gasteiger charge is 2.31. The van der Waals surface area contributed by atoms with E-state index in [-0.39, 0.29) is 6.04 Å². The number of hydrogen-bond donors (Lipinski definition) is 1. The fourth-order valence-electron chi connectivity index (χ4n) is 1.88. The van der Waals surface area contributed by atoms with Crippen molar-refractivity contribution in [2.45, 2.75) is 25.6 Å². The molecule has 0 radical (unpaired) electrons. The fraction of sp³-hybridized carbons (Fsp3) is 0.385. The molecule has 1 aromatic heterocycles. The monoisotopic (exact) mass is 301 g/mol. The van der Waals surface area contributed by atoms with Crippen LogP contribution in [0.25, 0.3) is 0 Å². The summed E-state index contributed by atoms with van der Waals surface area (Å²) >= 11 is 1.04. The SMILES string of the molecule is CCCNC(c1cccc(C(F)(F)F)c1)c1cnsn1. The number of hydrogen-bond acceptors (Lipinski definition) is 4. The second-order valence-electron chi connectivity index (χ2n) is 4.34. The maximum atomic E-state index is 12.8. The Morgan fingerprint density at radius 1 is 1.35 bits per heavy atom. The third-order valence-electron chi connectivity index (χ3n) is 2.82. The molecule has 0 saturated heterocycles. The van der Waals surface area contributed by atoms with E-state index in [1.807, 2.05) is 6.92 Å². The quantitative estimate of drug-likeness (QED) is 0.916. The summed E-state index contributed by atoms with van der Waals surface area (Å²) in [5.41, 5.74) is 0.533. The van der Waals surface area contributed by atoms with Crippen LogP contribution in [0, 0.1) is 0 Å². The lowest BCUT2D eigenvalue weighted by molar-refractivity contribution is -0.137. The predicted molar refractivity (Wildman–Crippen MR) is 71.5 cm³/mol. The highest BCUT2D eigenvalue weighted by molar-refractivity contribution is 6.99. The summed E-state index contributed by atoms with van der Waals surface area (Å²) in [6.07, 6.45) is -1.88. The number of rotatable bonds is 5. The summed E-state index contributed by atoms with van der Waals surface area (Å²) in [6.45, 7) is 2.69. The first kappa shape index (κ1) is 14.9. The van der Waals surface area contributed by atoms with E-state index in [1.54, 1.807) is 12.3 Å². The van der Waals surface area contributed by atoms with E-state index in [0.29, 0.717) is 17.8 Å². The molecule has 2 rings (SSSR count). The molecule has 0 spiro atoms. The van der Waals surface area contributed by atoms with Crippen LogP contribution in [0.2, 0.25) is 0 Å². The Morgan fingerprint density at radius 3 is 2.75 bits per heavy atom. The average Bonchev–Trinajstić information content (AvgIpc) is 2.92. The molecule has 1 heterocycles. The molecular formula is C13H14F3N3S. The Hall–Kier alpha value is -1.47. The van der Waals surface area contributed by atoms with Crippen LogP contribution in [-0.2, 0) is 6.18 Å². The minimum Gasteiger partial charge on any atom is -0.305 e. The van der Waals surface area contributed by atoms with E-state index in [2.05, 4.69) is 14.1 Å². The Kier molecular flexibility index (Phi) is 4.72. The van der Waals surface area contributed by atoms with Crippen molar-refractivity contribution in [2.24, 2.45) is 0 Å². The van der Waals surface area contributed by atoms with Gasteiger partial charge in [0.2, 0.25) is 0 Å². The molecule has 108 valence electrons. The second kappa shape index (κ2) is 6.32. The lowest BCUT2D eigenvalue weighted by atomic mass is 10.0. The number of aromatic nitrogens is 2. The van der Waals surface area contributed by atoms with Gasteiger partial charge >= 0.3 is 6.18 Å². The molecule has 20 heavy (non-hydrogen) atoms. The number of alkyl halides is 3. The molecule has 2 aromatic rings. The Morgan fingerprint density at radius 2 is 2.15 bits per heavy atom. The lowest BCUT2D eigenvalue weighted by Crippen LogP contribution is -2.23. The van der Waals surface area contributed by atoms with Gasteiger partial charge in [0, 0.05) is 0 Å². The molecule has 3 nitrogen and oxygen atoms in total. The molecule has 1 atom stereocenters. The third kappa shape index (κ3) is 3.55. The summed E-state index contributed by atoms with van der Waals surface area (Å²) in [5.74, 6) is 0. The van der Waals surface area contributed by atoms with Crippen LogP contribution in [0.1, 0.15) is 36.2 Å². The summed E-state index contributed by atoms with van der Waals surface area (Å²) < 4.78 is 46.4. The number of nitrogens with zero attached hydrogens (tertiary/aromatic N) is 2. The molecular weight excluding hydrogens is 287 g/mol. The Labute approximate surface area is 119 Å². The Balaban J connectivity index is 2.34. The molecule has 1 aromatic carbocycles. The average molecular weight is 301 g/mol. The van der Waals surface area contributed by atoms with Gasteiger partial charge in [0.25, 0.3) is 0 Å². The van der Waals surface area contributed by atoms with Crippen LogP contribution in [0.3, 0.4) is 0 Å². The molecule has 1 unspecified atom stereocenters. The molecule has 7 heteroatoms. The van der Waals surface area contributed by atoms with E-state index < -0.39 is 11.7 Å². The standard InChI is InChI=1S/C13H14F3N3S/c1-2-6-17-12(11-8-18-20-19-11)9-4-3-5-10(7-9)13(14,15)16/h3-5,7-8,12,17H,2,6H2,1H3. The summed E-state index contributed by atoms with van der Waals surface area (Å²) in [4.78, 5) is 0. The smallest absolute Gasteiger partial charge is 0.305 e. The molecule has 0 aliphatic rings. The van der Waals surface area contributed by atoms with Gasteiger partial charge in [-0.05, 0) is 30.7 Å². The van der Waals surface area contributed by atoms with Gasteiger partial charge in [-0.2, -0.15) is 21.9 Å². The van der Waals surface area contributed by atoms with Crippen molar-refractivity contribution < 1.29 is 13.2 Å². The molecule has 0 bridgehead atoms. The summed E-state index contributed by atoms with van der Waals surface area (Å²) in [7, 11) is 0. The minimum absolute atomic E-state index is 0.365. The molecule has 0 fully saturated rings. The Bertz CT molecular complexity index is 540. The lowest BCUT2D eigenvalue weighted by Gasteiger charge is -2.18. The first-order chi connectivity index (χ1) is 9.52. The number of benzene rings is 1. The van der Waals surface area contributed by atoms with E-state index in [4.69, 9.17) is 0 Å². The van der Waals surface area contributed by atoms with Crippen molar-refractivity contribution in [3.8, 4) is 0 Å². The zero-order valence-electron chi connectivity index (χ0n) is 10.8. The first-order valence-corrected chi connectivity index (χ1v) is 6.93. The highest BCUT2D eigenvalue weighted by atomic mass is 32.1. The normalized spacial score (nSPS) is 13.4. The maximum Gasteiger partial charge on any atom is 0.416 e. The van der Waals surface area contributed by atoms with Crippen LogP contribution in [-0.4, -0.2) is 15.3 Å². The van der Waals surface area contributed by atoms with E-state index in [9.17, 15) is 13.2 Å². The van der Waals surface area contributed by atoms with Crippen molar-refractivity contribution in [2.75, 3.05) is 6.54 Å². The van der Waals surface area contributed by atoms with Gasteiger partial charge in [0.1, 0.15) is 0 Å². The van der Waals surface area contributed by atoms with Gasteiger partial charge in [-0.15, -0.1) is 0 Å². The van der Waals surface area contributed by atoms with Crippen molar-refractivity contribution in [3.05, 3.63) is 47.3 Å². The number of halogens is 3. The molecule has 0 amide bonds. The zero-order chi connectivity index (χ0) is 14.6. The van der Waals surface area contributed by atoms with Gasteiger partial charge in [-0.25, -0.2) is 0 Å². The molecule has 0 aliphatic carbocycles. The van der Waals surface area contributed by atoms with Crippen molar-refractivity contribution in [1.29, 1.82) is 0 Å². The zero-order valence-corrected chi connectivity index (χ0v) is 11.6. The molecule has 0 saturated carbocycles. The van der Waals surface area contributed by atoms with Gasteiger partial charge in [0.15, 0.2) is 0 Å². The van der Waals surface area contributed by atoms with Crippen LogP contribution >= 0.6 is 11.7 Å². The largest absolute Gasteiger partial charge is 0.416 e. The highest BCUT2D eigenvalue weighted by Crippen LogP contribution is 2.31. The minimum atomic E-state index is -4.34. The van der Waals surface area contributed by atoms with Crippen molar-refractivity contribution >= 4 is 11.7 Å². The van der Waals surface area contributed by atoms with Crippen LogP contribution in [0.5, 0.6) is 0 Å². The van der Waals surface area contributed by atoms with Gasteiger partial charge in [-0.3, -0.25) is 0 Å². The van der Waals surface area contributed by atoms with Gasteiger partial charge < -0.3 is 5.32 Å².